The average molecular weight is 1200 g/mol. The molecule has 0 saturated carbocycles. The van der Waals surface area contributed by atoms with E-state index in [1.54, 1.807) is 0 Å². The number of anilines is 6. The highest BCUT2D eigenvalue weighted by molar-refractivity contribution is 6.12. The summed E-state index contributed by atoms with van der Waals surface area (Å²) < 4.78 is 4.73. The van der Waals surface area contributed by atoms with Gasteiger partial charge in [0.1, 0.15) is 0 Å². The van der Waals surface area contributed by atoms with Crippen LogP contribution in [0.3, 0.4) is 0 Å². The fraction of sp³-hybridized carbons (Fsp3) is 0. The Labute approximate surface area is 546 Å². The molecule has 442 valence electrons. The molecule has 6 nitrogen and oxygen atoms in total. The predicted molar refractivity (Wildman–Crippen MR) is 393 cm³/mol. The largest absolute Gasteiger partial charge is 0.310 e. The molecule has 0 aliphatic carbocycles. The van der Waals surface area contributed by atoms with E-state index >= 15 is 0 Å². The van der Waals surface area contributed by atoms with E-state index in [1.165, 1.54) is 49.2 Å². The highest BCUT2D eigenvalue weighted by Crippen LogP contribution is 2.43. The van der Waals surface area contributed by atoms with Crippen LogP contribution in [0.5, 0.6) is 0 Å². The first-order valence-electron chi connectivity index (χ1n) is 31.9. The number of benzene rings is 14. The summed E-state index contributed by atoms with van der Waals surface area (Å²) in [4.78, 5) is 15.7. The minimum atomic E-state index is 0.543. The molecule has 3 aromatic heterocycles. The van der Waals surface area contributed by atoms with Crippen LogP contribution in [-0.2, 0) is 0 Å². The van der Waals surface area contributed by atoms with Crippen molar-refractivity contribution in [3.63, 3.8) is 0 Å². The lowest BCUT2D eigenvalue weighted by molar-refractivity contribution is 1.09. The maximum Gasteiger partial charge on any atom is 0.235 e. The highest BCUT2D eigenvalue weighted by Gasteiger charge is 2.22. The van der Waals surface area contributed by atoms with Gasteiger partial charge in [0, 0.05) is 72.5 Å². The molecule has 0 aliphatic rings. The van der Waals surface area contributed by atoms with Crippen LogP contribution in [0.1, 0.15) is 0 Å². The van der Waals surface area contributed by atoms with Gasteiger partial charge in [-0.1, -0.05) is 224 Å². The van der Waals surface area contributed by atoms with Crippen molar-refractivity contribution in [1.29, 1.82) is 0 Å². The molecule has 14 aromatic carbocycles. The molecule has 0 unspecified atom stereocenters. The van der Waals surface area contributed by atoms with Gasteiger partial charge in [-0.3, -0.25) is 4.90 Å². The summed E-state index contributed by atoms with van der Waals surface area (Å²) in [6.45, 7) is 0. The lowest BCUT2D eigenvalue weighted by Crippen LogP contribution is -2.14. The zero-order valence-electron chi connectivity index (χ0n) is 51.3. The minimum Gasteiger partial charge on any atom is -0.310 e. The zero-order valence-corrected chi connectivity index (χ0v) is 51.3. The van der Waals surface area contributed by atoms with Crippen LogP contribution < -0.4 is 9.80 Å². The van der Waals surface area contributed by atoms with Crippen LogP contribution in [0, 0.1) is 0 Å². The lowest BCUT2D eigenvalue weighted by Gasteiger charge is -2.26. The summed E-state index contributed by atoms with van der Waals surface area (Å²) in [5.41, 5.74) is 24.5. The van der Waals surface area contributed by atoms with E-state index in [4.69, 9.17) is 9.97 Å². The molecular formula is C88H60N6. The quantitative estimate of drug-likeness (QED) is 0.109. The van der Waals surface area contributed by atoms with E-state index in [-0.39, 0.29) is 0 Å². The number of nitrogens with zero attached hydrogens (tertiary/aromatic N) is 6. The van der Waals surface area contributed by atoms with Crippen molar-refractivity contribution in [2.45, 2.75) is 0 Å². The Morgan fingerprint density at radius 1 is 0.191 bits per heavy atom. The molecule has 17 rings (SSSR count). The minimum absolute atomic E-state index is 0.543. The molecule has 0 saturated heterocycles. The van der Waals surface area contributed by atoms with E-state index in [1.807, 2.05) is 0 Å². The topological polar surface area (TPSA) is 42.1 Å². The second-order valence-corrected chi connectivity index (χ2v) is 23.8. The number of hydrogen-bond acceptors (Lipinski definition) is 4. The van der Waals surface area contributed by atoms with Crippen LogP contribution in [0.2, 0.25) is 0 Å². The maximum atomic E-state index is 5.62. The normalized spacial score (nSPS) is 11.4. The van der Waals surface area contributed by atoms with Gasteiger partial charge >= 0.3 is 0 Å². The first kappa shape index (κ1) is 55.4. The summed E-state index contributed by atoms with van der Waals surface area (Å²) in [5.74, 6) is 0.543. The van der Waals surface area contributed by atoms with Gasteiger partial charge in [-0.15, -0.1) is 0 Å². The molecule has 6 heteroatoms. The smallest absolute Gasteiger partial charge is 0.235 e. The number of aromatic nitrogens is 4. The van der Waals surface area contributed by atoms with Crippen molar-refractivity contribution < 1.29 is 0 Å². The molecule has 0 aliphatic heterocycles. The molecular weight excluding hydrogens is 1140 g/mol. The first-order valence-corrected chi connectivity index (χ1v) is 31.9. The van der Waals surface area contributed by atoms with Crippen molar-refractivity contribution in [3.05, 3.63) is 364 Å². The number of fused-ring (bicyclic) bond motifs is 6. The fourth-order valence-corrected chi connectivity index (χ4v) is 13.6. The lowest BCUT2D eigenvalue weighted by atomic mass is 9.97. The fourth-order valence-electron chi connectivity index (χ4n) is 13.6. The van der Waals surface area contributed by atoms with Gasteiger partial charge in [0.05, 0.1) is 33.5 Å². The Balaban J connectivity index is 0.772. The van der Waals surface area contributed by atoms with E-state index in [2.05, 4.69) is 383 Å². The monoisotopic (exact) mass is 1200 g/mol. The number of hydrogen-bond donors (Lipinski definition) is 0. The van der Waals surface area contributed by atoms with E-state index < -0.39 is 0 Å². The molecule has 0 spiro atoms. The van der Waals surface area contributed by atoms with Gasteiger partial charge in [0.25, 0.3) is 0 Å². The maximum absolute atomic E-state index is 5.62. The van der Waals surface area contributed by atoms with Crippen LogP contribution in [0.15, 0.2) is 364 Å². The molecule has 0 fully saturated rings. The second kappa shape index (κ2) is 24.0. The van der Waals surface area contributed by atoms with Crippen molar-refractivity contribution in [1.82, 2.24) is 19.1 Å². The van der Waals surface area contributed by atoms with E-state index in [0.29, 0.717) is 5.95 Å². The van der Waals surface area contributed by atoms with Crippen LogP contribution in [0.4, 0.5) is 34.4 Å². The Morgan fingerprint density at radius 2 is 0.511 bits per heavy atom. The van der Waals surface area contributed by atoms with Gasteiger partial charge < -0.3 is 14.0 Å². The molecule has 0 bridgehead atoms. The molecule has 3 heterocycles. The summed E-state index contributed by atoms with van der Waals surface area (Å²) in [6, 6.07) is 130. The Hall–Kier alpha value is -12.6. The van der Waals surface area contributed by atoms with Crippen molar-refractivity contribution in [2.75, 3.05) is 9.80 Å². The van der Waals surface area contributed by atoms with Crippen molar-refractivity contribution in [2.24, 2.45) is 0 Å². The Morgan fingerprint density at radius 3 is 1.02 bits per heavy atom. The Bertz CT molecular complexity index is 5590. The van der Waals surface area contributed by atoms with Gasteiger partial charge in [0.15, 0.2) is 0 Å². The molecule has 0 N–H and O–H groups in total. The zero-order chi connectivity index (χ0) is 62.3. The summed E-state index contributed by atoms with van der Waals surface area (Å²) in [5, 5.41) is 4.88. The molecule has 0 amide bonds. The third-order valence-corrected chi connectivity index (χ3v) is 18.1. The summed E-state index contributed by atoms with van der Waals surface area (Å²) >= 11 is 0. The third kappa shape index (κ3) is 10.3. The molecule has 17 aromatic rings. The highest BCUT2D eigenvalue weighted by atomic mass is 15.3. The predicted octanol–water partition coefficient (Wildman–Crippen LogP) is 23.6. The second-order valence-electron chi connectivity index (χ2n) is 23.8. The standard InChI is InChI=1S/C88H60N6/c1-6-23-61(24-7-1)64-25-20-26-65(55-64)66-27-21-28-69(56-66)82-60-83(90-88(89-82)92(72-32-10-3-11-33-72)76-51-45-63(46-52-76)68-48-54-87-81(59-68)79-40-17-19-42-85(79)94(87)74-36-14-5-15-37-74)70-29-22-38-77(57-70)91(71-30-8-2-9-31-71)75-49-43-62(44-50-75)67-47-53-86-80(58-67)78-39-16-18-41-84(78)93(86)73-34-12-4-13-35-73/h1-60H. The Kier molecular flexibility index (Phi) is 14.1. The van der Waals surface area contributed by atoms with Crippen LogP contribution >= 0.6 is 0 Å². The SMILES string of the molecule is c1ccc(-c2cccc(-c3cccc(-c4cc(-c5cccc(N(c6ccccc6)c6ccc(-c7ccc8c(c7)c7ccccc7n8-c7ccccc7)cc6)c5)nc(N(c5ccccc5)c5ccc(-c6ccc7c(c6)c6ccccc6n7-c6ccccc6)cc5)n4)c3)c2)cc1. The van der Waals surface area contributed by atoms with E-state index in [0.717, 1.165) is 101 Å². The average Bonchev–Trinajstić information content (AvgIpc) is 1.57. The van der Waals surface area contributed by atoms with Crippen molar-refractivity contribution in [3.8, 4) is 78.4 Å². The molecule has 0 atom stereocenters. The number of para-hydroxylation sites is 6. The third-order valence-electron chi connectivity index (χ3n) is 18.1. The van der Waals surface area contributed by atoms with Crippen LogP contribution in [-0.4, -0.2) is 19.1 Å². The van der Waals surface area contributed by atoms with E-state index in [9.17, 15) is 0 Å². The molecule has 94 heavy (non-hydrogen) atoms. The first-order chi connectivity index (χ1) is 46.6. The van der Waals surface area contributed by atoms with Crippen molar-refractivity contribution >= 4 is 78.0 Å². The van der Waals surface area contributed by atoms with Gasteiger partial charge in [-0.05, 0) is 184 Å². The molecule has 0 radical (unpaired) electrons. The van der Waals surface area contributed by atoms with Gasteiger partial charge in [0.2, 0.25) is 5.95 Å². The summed E-state index contributed by atoms with van der Waals surface area (Å²) in [7, 11) is 0. The van der Waals surface area contributed by atoms with Gasteiger partial charge in [-0.2, -0.15) is 0 Å². The summed E-state index contributed by atoms with van der Waals surface area (Å²) in [6.07, 6.45) is 0. The number of rotatable bonds is 14. The van der Waals surface area contributed by atoms with Crippen LogP contribution in [0.25, 0.3) is 122 Å². The van der Waals surface area contributed by atoms with Gasteiger partial charge in [-0.25, -0.2) is 9.97 Å².